The third-order valence-electron chi connectivity index (χ3n) is 3.90. The lowest BCUT2D eigenvalue weighted by Crippen LogP contribution is -2.48. The highest BCUT2D eigenvalue weighted by Crippen LogP contribution is 2.51. The Kier molecular flexibility index (Phi) is 1.99. The molecule has 2 aliphatic carbocycles. The van der Waals surface area contributed by atoms with E-state index in [0.717, 1.165) is 32.1 Å². The summed E-state index contributed by atoms with van der Waals surface area (Å²) < 4.78 is 0. The Labute approximate surface area is 79.3 Å². The van der Waals surface area contributed by atoms with E-state index in [0.29, 0.717) is 12.8 Å². The Morgan fingerprint density at radius 1 is 1.38 bits per heavy atom. The molecule has 0 amide bonds. The van der Waals surface area contributed by atoms with Gasteiger partial charge in [-0.1, -0.05) is 13.3 Å². The van der Waals surface area contributed by atoms with E-state index in [4.69, 9.17) is 0 Å². The van der Waals surface area contributed by atoms with Crippen LogP contribution in [0.4, 0.5) is 0 Å². The zero-order valence-corrected chi connectivity index (χ0v) is 8.31. The van der Waals surface area contributed by atoms with Crippen molar-refractivity contribution in [2.45, 2.75) is 57.5 Å². The topological polar surface area (TPSA) is 37.3 Å². The summed E-state index contributed by atoms with van der Waals surface area (Å²) in [5.74, 6) is 0.273. The second kappa shape index (κ2) is 2.81. The first-order chi connectivity index (χ1) is 6.08. The molecular formula is C11H18O2. The molecule has 2 nitrogen and oxygen atoms in total. The summed E-state index contributed by atoms with van der Waals surface area (Å²) >= 11 is 0. The molecule has 2 heteroatoms. The summed E-state index contributed by atoms with van der Waals surface area (Å²) in [4.78, 5) is 11.5. The van der Waals surface area contributed by atoms with Crippen LogP contribution in [-0.2, 0) is 4.79 Å². The maximum Gasteiger partial charge on any atom is 0.136 e. The summed E-state index contributed by atoms with van der Waals surface area (Å²) in [6.45, 7) is 2.14. The largest absolute Gasteiger partial charge is 0.389 e. The van der Waals surface area contributed by atoms with Crippen LogP contribution in [0.3, 0.4) is 0 Å². The fraction of sp³-hybridized carbons (Fsp3) is 0.909. The molecule has 13 heavy (non-hydrogen) atoms. The first-order valence-electron chi connectivity index (χ1n) is 5.32. The number of fused-ring (bicyclic) bond motifs is 2. The Morgan fingerprint density at radius 3 is 2.85 bits per heavy atom. The molecule has 2 fully saturated rings. The highest BCUT2D eigenvalue weighted by Gasteiger charge is 2.48. The van der Waals surface area contributed by atoms with Crippen LogP contribution in [0.25, 0.3) is 0 Å². The van der Waals surface area contributed by atoms with Crippen LogP contribution in [0.2, 0.25) is 0 Å². The maximum atomic E-state index is 11.5. The molecule has 0 saturated heterocycles. The van der Waals surface area contributed by atoms with E-state index in [2.05, 4.69) is 6.92 Å². The lowest BCUT2D eigenvalue weighted by Gasteiger charge is -2.48. The van der Waals surface area contributed by atoms with Crippen molar-refractivity contribution in [3.8, 4) is 0 Å². The molecule has 2 aliphatic rings. The Hall–Kier alpha value is -0.370. The number of Topliss-reactive ketones (excluding diaryl/α,β-unsaturated/α-hetero) is 1. The van der Waals surface area contributed by atoms with E-state index in [1.165, 1.54) is 0 Å². The predicted octanol–water partition coefficient (Wildman–Crippen LogP) is 2.05. The summed E-state index contributed by atoms with van der Waals surface area (Å²) in [6.07, 6.45) is 6.10. The summed E-state index contributed by atoms with van der Waals surface area (Å²) in [5.41, 5.74) is -0.480. The highest BCUT2D eigenvalue weighted by molar-refractivity contribution is 5.81. The highest BCUT2D eigenvalue weighted by atomic mass is 16.3. The summed E-state index contributed by atoms with van der Waals surface area (Å²) in [7, 11) is 0. The molecule has 0 aromatic rings. The zero-order valence-electron chi connectivity index (χ0n) is 8.31. The van der Waals surface area contributed by atoms with E-state index < -0.39 is 5.60 Å². The Morgan fingerprint density at radius 2 is 2.15 bits per heavy atom. The lowest BCUT2D eigenvalue weighted by atomic mass is 9.58. The molecule has 0 aliphatic heterocycles. The van der Waals surface area contributed by atoms with Crippen LogP contribution in [-0.4, -0.2) is 16.5 Å². The van der Waals surface area contributed by atoms with Crippen molar-refractivity contribution < 1.29 is 9.90 Å². The Bertz CT molecular complexity index is 236. The van der Waals surface area contributed by atoms with Gasteiger partial charge in [0.1, 0.15) is 5.78 Å². The lowest BCUT2D eigenvalue weighted by molar-refractivity contribution is -0.143. The minimum absolute atomic E-state index is 0.155. The molecule has 2 rings (SSSR count). The number of hydrogen-bond donors (Lipinski definition) is 1. The molecular weight excluding hydrogens is 164 g/mol. The maximum absolute atomic E-state index is 11.5. The van der Waals surface area contributed by atoms with E-state index in [-0.39, 0.29) is 11.2 Å². The summed E-state index contributed by atoms with van der Waals surface area (Å²) in [6, 6.07) is 0. The number of carbonyl (C=O) groups is 1. The number of rotatable bonds is 1. The van der Waals surface area contributed by atoms with Gasteiger partial charge in [0.25, 0.3) is 0 Å². The Balaban J connectivity index is 2.25. The van der Waals surface area contributed by atoms with E-state index in [1.807, 2.05) is 0 Å². The van der Waals surface area contributed by atoms with E-state index >= 15 is 0 Å². The minimum atomic E-state index is -0.635. The van der Waals surface area contributed by atoms with Gasteiger partial charge in [-0.05, 0) is 31.1 Å². The van der Waals surface area contributed by atoms with Crippen LogP contribution < -0.4 is 0 Å². The quantitative estimate of drug-likeness (QED) is 0.674. The minimum Gasteiger partial charge on any atom is -0.389 e. The fourth-order valence-electron chi connectivity index (χ4n) is 3.24. The SMILES string of the molecule is CC[C@]12CCC[C@](O)(CC(=O)C1)C2. The van der Waals surface area contributed by atoms with Crippen LogP contribution in [0.15, 0.2) is 0 Å². The number of hydrogen-bond acceptors (Lipinski definition) is 2. The second-order valence-corrected chi connectivity index (χ2v) is 5.00. The van der Waals surface area contributed by atoms with Crippen molar-refractivity contribution in [1.29, 1.82) is 0 Å². The third kappa shape index (κ3) is 1.52. The van der Waals surface area contributed by atoms with Gasteiger partial charge in [-0.2, -0.15) is 0 Å². The van der Waals surface area contributed by atoms with Crippen LogP contribution in [0, 0.1) is 5.41 Å². The molecule has 0 spiro atoms. The normalized spacial score (nSPS) is 44.9. The molecule has 0 aromatic carbocycles. The van der Waals surface area contributed by atoms with Gasteiger partial charge >= 0.3 is 0 Å². The molecule has 0 unspecified atom stereocenters. The van der Waals surface area contributed by atoms with E-state index in [1.54, 1.807) is 0 Å². The third-order valence-corrected chi connectivity index (χ3v) is 3.90. The van der Waals surface area contributed by atoms with Gasteiger partial charge in [0.2, 0.25) is 0 Å². The van der Waals surface area contributed by atoms with Gasteiger partial charge in [0.05, 0.1) is 5.60 Å². The number of carbonyl (C=O) groups excluding carboxylic acids is 1. The van der Waals surface area contributed by atoms with Gasteiger partial charge in [0, 0.05) is 12.8 Å². The van der Waals surface area contributed by atoms with Crippen molar-refractivity contribution in [2.24, 2.45) is 5.41 Å². The van der Waals surface area contributed by atoms with Crippen LogP contribution in [0.1, 0.15) is 51.9 Å². The van der Waals surface area contributed by atoms with Gasteiger partial charge in [0.15, 0.2) is 0 Å². The van der Waals surface area contributed by atoms with Crippen LogP contribution in [0.5, 0.6) is 0 Å². The molecule has 0 aromatic heterocycles. The average Bonchev–Trinajstić information content (AvgIpc) is 2.01. The number of aliphatic hydroxyl groups is 1. The van der Waals surface area contributed by atoms with Crippen molar-refractivity contribution >= 4 is 5.78 Å². The van der Waals surface area contributed by atoms with Gasteiger partial charge in [-0.3, -0.25) is 4.79 Å². The van der Waals surface area contributed by atoms with Gasteiger partial charge < -0.3 is 5.11 Å². The molecule has 1 N–H and O–H groups in total. The monoisotopic (exact) mass is 182 g/mol. The van der Waals surface area contributed by atoms with Crippen molar-refractivity contribution in [3.63, 3.8) is 0 Å². The zero-order chi connectivity index (χ0) is 9.53. The summed E-state index contributed by atoms with van der Waals surface area (Å²) in [5, 5.41) is 10.1. The van der Waals surface area contributed by atoms with E-state index in [9.17, 15) is 9.90 Å². The van der Waals surface area contributed by atoms with Crippen molar-refractivity contribution in [3.05, 3.63) is 0 Å². The van der Waals surface area contributed by atoms with Crippen LogP contribution >= 0.6 is 0 Å². The van der Waals surface area contributed by atoms with Gasteiger partial charge in [-0.25, -0.2) is 0 Å². The molecule has 2 saturated carbocycles. The molecule has 2 bridgehead atoms. The predicted molar refractivity (Wildman–Crippen MR) is 50.4 cm³/mol. The number of ketones is 1. The van der Waals surface area contributed by atoms with Crippen molar-refractivity contribution in [2.75, 3.05) is 0 Å². The standard InChI is InChI=1S/C11H18O2/c1-2-10-4-3-5-11(13,8-10)7-9(12)6-10/h13H,2-8H2,1H3/t10-,11-/m0/s1. The molecule has 74 valence electrons. The molecule has 0 radical (unpaired) electrons. The average molecular weight is 182 g/mol. The first-order valence-corrected chi connectivity index (χ1v) is 5.32. The first kappa shape index (κ1) is 9.20. The molecule has 2 atom stereocenters. The second-order valence-electron chi connectivity index (χ2n) is 5.00. The smallest absolute Gasteiger partial charge is 0.136 e. The van der Waals surface area contributed by atoms with Gasteiger partial charge in [-0.15, -0.1) is 0 Å². The fourth-order valence-corrected chi connectivity index (χ4v) is 3.24. The molecule has 0 heterocycles. The van der Waals surface area contributed by atoms with Crippen molar-refractivity contribution in [1.82, 2.24) is 0 Å².